The van der Waals surface area contributed by atoms with E-state index in [0.29, 0.717) is 37.6 Å². The van der Waals surface area contributed by atoms with Crippen molar-refractivity contribution < 1.29 is 51.0 Å². The van der Waals surface area contributed by atoms with Crippen LogP contribution in [0.4, 0.5) is 15.4 Å². The summed E-state index contributed by atoms with van der Waals surface area (Å²) < 4.78 is 55.9. The topological polar surface area (TPSA) is 187 Å². The summed E-state index contributed by atoms with van der Waals surface area (Å²) in [5.74, 6) is -0.230. The van der Waals surface area contributed by atoms with Crippen molar-refractivity contribution in [3.63, 3.8) is 0 Å². The third-order valence-corrected chi connectivity index (χ3v) is 8.64. The van der Waals surface area contributed by atoms with E-state index in [-0.39, 0.29) is 31.6 Å². The summed E-state index contributed by atoms with van der Waals surface area (Å²) in [5, 5.41) is 8.74. The Hall–Kier alpha value is -2.60. The van der Waals surface area contributed by atoms with Crippen molar-refractivity contribution in [3.05, 3.63) is 22.7 Å². The van der Waals surface area contributed by atoms with Gasteiger partial charge in [-0.25, -0.2) is 14.4 Å². The van der Waals surface area contributed by atoms with Crippen molar-refractivity contribution in [1.82, 2.24) is 9.55 Å². The molecule has 4 unspecified atom stereocenters. The Morgan fingerprint density at radius 1 is 0.906 bits per heavy atom. The number of aromatic nitrogens is 2. The number of unbranched alkanes of at least 4 members (excludes halogenated alkanes) is 4. The Morgan fingerprint density at radius 2 is 1.47 bits per heavy atom. The lowest BCUT2D eigenvalue weighted by Crippen LogP contribution is -2.45. The number of anilines is 1. The predicted molar refractivity (Wildman–Crippen MR) is 200 cm³/mol. The molecule has 0 bridgehead atoms. The SMILES string of the molecule is CCCCCO[P+](=O)OCCCC.CCCCOP(OCCC#N)OCC1CCC(n2ccc(N(C(=O)OC(C)(C)C)C(=O)OC(C)(C)C)nc2=O)O1. The Labute approximate surface area is 317 Å². The van der Waals surface area contributed by atoms with E-state index in [1.165, 1.54) is 16.8 Å². The Balaban J connectivity index is 0.000000915. The highest BCUT2D eigenvalue weighted by Gasteiger charge is 2.35. The monoisotopic (exact) mass is 791 g/mol. The van der Waals surface area contributed by atoms with Gasteiger partial charge in [-0.2, -0.15) is 15.1 Å². The van der Waals surface area contributed by atoms with Gasteiger partial charge >= 0.3 is 34.7 Å². The molecule has 0 spiro atoms. The molecule has 1 saturated heterocycles. The maximum atomic E-state index is 13.0. The van der Waals surface area contributed by atoms with Gasteiger partial charge in [-0.3, -0.25) is 4.57 Å². The maximum absolute atomic E-state index is 13.0. The summed E-state index contributed by atoms with van der Waals surface area (Å²) in [7, 11) is -3.48. The van der Waals surface area contributed by atoms with Crippen LogP contribution >= 0.6 is 16.9 Å². The Morgan fingerprint density at radius 3 is 2.02 bits per heavy atom. The zero-order valence-electron chi connectivity index (χ0n) is 33.0. The van der Waals surface area contributed by atoms with E-state index in [2.05, 4.69) is 18.8 Å². The van der Waals surface area contributed by atoms with E-state index < -0.39 is 52.2 Å². The summed E-state index contributed by atoms with van der Waals surface area (Å²) in [6, 6.07) is 3.37. The molecule has 1 aromatic rings. The van der Waals surface area contributed by atoms with Crippen LogP contribution in [0, 0.1) is 11.3 Å². The molecule has 2 heterocycles. The van der Waals surface area contributed by atoms with Crippen LogP contribution in [-0.2, 0) is 41.4 Å². The summed E-state index contributed by atoms with van der Waals surface area (Å²) in [6.07, 6.45) is 6.84. The number of carbonyl (C=O) groups is 2. The molecule has 0 saturated carbocycles. The van der Waals surface area contributed by atoms with Gasteiger partial charge in [0, 0.05) is 10.8 Å². The lowest BCUT2D eigenvalue weighted by Gasteiger charge is -2.28. The second-order valence-electron chi connectivity index (χ2n) is 14.0. The molecule has 1 aliphatic rings. The first kappa shape index (κ1) is 48.4. The predicted octanol–water partition coefficient (Wildman–Crippen LogP) is 9.26. The highest BCUT2D eigenvalue weighted by molar-refractivity contribution is 7.41. The van der Waals surface area contributed by atoms with E-state index in [9.17, 15) is 18.9 Å². The van der Waals surface area contributed by atoms with Crippen LogP contribution in [0.1, 0.15) is 133 Å². The van der Waals surface area contributed by atoms with E-state index in [0.717, 1.165) is 44.9 Å². The molecule has 0 aliphatic carbocycles. The lowest BCUT2D eigenvalue weighted by atomic mass is 10.2. The van der Waals surface area contributed by atoms with Gasteiger partial charge in [0.05, 0.1) is 38.4 Å². The van der Waals surface area contributed by atoms with Crippen molar-refractivity contribution in [1.29, 1.82) is 5.26 Å². The number of nitrogens with zero attached hydrogens (tertiary/aromatic N) is 4. The zero-order chi connectivity index (χ0) is 39.9. The molecular formula is C35H61N4O12P2+. The molecule has 2 amide bonds. The van der Waals surface area contributed by atoms with Gasteiger partial charge in [0.25, 0.3) is 0 Å². The average Bonchev–Trinajstić information content (AvgIpc) is 3.53. The van der Waals surface area contributed by atoms with Crippen LogP contribution < -0.4 is 10.6 Å². The van der Waals surface area contributed by atoms with Crippen molar-refractivity contribution in [2.24, 2.45) is 0 Å². The van der Waals surface area contributed by atoms with Gasteiger partial charge in [0.2, 0.25) is 0 Å². The number of rotatable bonds is 21. The van der Waals surface area contributed by atoms with Crippen LogP contribution in [0.3, 0.4) is 0 Å². The molecule has 2 rings (SSSR count). The fraction of sp³-hybridized carbons (Fsp3) is 0.800. The van der Waals surface area contributed by atoms with Crippen molar-refractivity contribution >= 4 is 34.9 Å². The molecule has 4 atom stereocenters. The van der Waals surface area contributed by atoms with Crippen molar-refractivity contribution in [3.8, 4) is 6.07 Å². The number of ether oxygens (including phenoxy) is 3. The number of carbonyl (C=O) groups excluding carboxylic acids is 2. The number of amides is 2. The molecule has 16 nitrogen and oxygen atoms in total. The van der Waals surface area contributed by atoms with Crippen LogP contribution in [0.25, 0.3) is 0 Å². The Bertz CT molecular complexity index is 1300. The summed E-state index contributed by atoms with van der Waals surface area (Å²) in [6.45, 7) is 18.1. The summed E-state index contributed by atoms with van der Waals surface area (Å²) in [5.41, 5.74) is -2.52. The Kier molecular flexibility index (Phi) is 24.0. The minimum absolute atomic E-state index is 0.187. The first-order valence-electron chi connectivity index (χ1n) is 18.3. The van der Waals surface area contributed by atoms with E-state index >= 15 is 0 Å². The lowest BCUT2D eigenvalue weighted by molar-refractivity contribution is -0.0237. The molecule has 18 heteroatoms. The van der Waals surface area contributed by atoms with Gasteiger partial charge in [0.1, 0.15) is 30.6 Å². The van der Waals surface area contributed by atoms with E-state index in [1.807, 2.05) is 13.0 Å². The molecular weight excluding hydrogens is 730 g/mol. The van der Waals surface area contributed by atoms with Crippen LogP contribution in [-0.4, -0.2) is 72.1 Å². The number of hydrogen-bond acceptors (Lipinski definition) is 14. The van der Waals surface area contributed by atoms with Crippen LogP contribution in [0.5, 0.6) is 0 Å². The number of nitriles is 1. The molecule has 1 aliphatic heterocycles. The smallest absolute Gasteiger partial charge is 0.443 e. The zero-order valence-corrected chi connectivity index (χ0v) is 34.8. The largest absolute Gasteiger partial charge is 0.697 e. The molecule has 1 fully saturated rings. The third-order valence-electron chi connectivity index (χ3n) is 6.70. The first-order valence-corrected chi connectivity index (χ1v) is 20.5. The van der Waals surface area contributed by atoms with Crippen molar-refractivity contribution in [2.45, 2.75) is 150 Å². The van der Waals surface area contributed by atoms with Gasteiger partial charge in [0.15, 0.2) is 5.82 Å². The first-order chi connectivity index (χ1) is 25.0. The van der Waals surface area contributed by atoms with Gasteiger partial charge in [-0.1, -0.05) is 46.5 Å². The molecule has 0 aromatic carbocycles. The van der Waals surface area contributed by atoms with Crippen LogP contribution in [0.15, 0.2) is 17.1 Å². The molecule has 0 N–H and O–H groups in total. The van der Waals surface area contributed by atoms with E-state index in [1.54, 1.807) is 41.5 Å². The molecule has 53 heavy (non-hydrogen) atoms. The van der Waals surface area contributed by atoms with Gasteiger partial charge in [-0.05, 0) is 79.7 Å². The fourth-order valence-electron chi connectivity index (χ4n) is 4.16. The molecule has 1 aromatic heterocycles. The third kappa shape index (κ3) is 21.8. The summed E-state index contributed by atoms with van der Waals surface area (Å²) >= 11 is 0. The number of hydrogen-bond donors (Lipinski definition) is 0. The highest BCUT2D eigenvalue weighted by Crippen LogP contribution is 2.41. The van der Waals surface area contributed by atoms with Crippen molar-refractivity contribution in [2.75, 3.05) is 37.9 Å². The highest BCUT2D eigenvalue weighted by atomic mass is 31.2. The standard InChI is InChI=1S/C26H41N4O9P.C9H20O3P/c1-8-9-16-34-40(35-17-10-14-27)36-18-19-11-12-21(37-19)29-15-13-20(28-22(29)31)30(23(32)38-25(2,3)4)24(33)39-26(5,6)7;1-3-5-7-9-12-13(10)11-8-6-4-2/h13,15,19,21H,8-12,16-18H2,1-7H3;3-9H2,1-2H3/q;+1. The normalized spacial score (nSPS) is 16.6. The quantitative estimate of drug-likeness (QED) is 0.0846. The fourth-order valence-corrected chi connectivity index (χ4v) is 5.82. The van der Waals surface area contributed by atoms with Crippen LogP contribution in [0.2, 0.25) is 0 Å². The summed E-state index contributed by atoms with van der Waals surface area (Å²) in [4.78, 5) is 43.2. The molecule has 0 radical (unpaired) electrons. The maximum Gasteiger partial charge on any atom is 0.697 e. The second-order valence-corrected chi connectivity index (χ2v) is 16.1. The van der Waals surface area contributed by atoms with Gasteiger partial charge < -0.3 is 27.8 Å². The van der Waals surface area contributed by atoms with Gasteiger partial charge in [-0.15, -0.1) is 9.05 Å². The van der Waals surface area contributed by atoms with E-state index in [4.69, 9.17) is 42.1 Å². The minimum atomic E-state index is -1.86. The molecule has 302 valence electrons. The second kappa shape index (κ2) is 26.2. The minimum Gasteiger partial charge on any atom is -0.443 e. The number of imide groups is 1. The average molecular weight is 792 g/mol.